The summed E-state index contributed by atoms with van der Waals surface area (Å²) >= 11 is 7.38. The fourth-order valence-electron chi connectivity index (χ4n) is 0.547. The first kappa shape index (κ1) is 5.52. The SMILES string of the molecule is C[C@@H]1CC=C(Cl)S1. The van der Waals surface area contributed by atoms with Crippen LogP contribution in [0.15, 0.2) is 10.4 Å². The molecule has 0 bridgehead atoms. The molecule has 1 aliphatic rings. The van der Waals surface area contributed by atoms with E-state index < -0.39 is 0 Å². The van der Waals surface area contributed by atoms with Crippen LogP contribution >= 0.6 is 23.4 Å². The van der Waals surface area contributed by atoms with Gasteiger partial charge in [-0.05, 0) is 6.42 Å². The molecular weight excluding hydrogens is 128 g/mol. The molecule has 1 atom stereocenters. The van der Waals surface area contributed by atoms with Gasteiger partial charge in [0.25, 0.3) is 0 Å². The molecule has 0 N–H and O–H groups in total. The van der Waals surface area contributed by atoms with E-state index in [0.717, 1.165) is 10.8 Å². The Hall–Kier alpha value is 0.380. The van der Waals surface area contributed by atoms with Gasteiger partial charge in [0.05, 0.1) is 4.36 Å². The molecule has 0 unspecified atom stereocenters. The first-order chi connectivity index (χ1) is 3.29. The Kier molecular flexibility index (Phi) is 1.65. The molecule has 0 nitrogen and oxygen atoms in total. The van der Waals surface area contributed by atoms with Crippen LogP contribution in [0.25, 0.3) is 0 Å². The lowest BCUT2D eigenvalue weighted by molar-refractivity contribution is 1.00. The van der Waals surface area contributed by atoms with Crippen LogP contribution in [0.2, 0.25) is 0 Å². The van der Waals surface area contributed by atoms with E-state index in [-0.39, 0.29) is 0 Å². The third-order valence-electron chi connectivity index (χ3n) is 0.924. The van der Waals surface area contributed by atoms with Crippen molar-refractivity contribution in [1.29, 1.82) is 0 Å². The molecular formula is C5H7ClS. The third-order valence-corrected chi connectivity index (χ3v) is 2.33. The summed E-state index contributed by atoms with van der Waals surface area (Å²) in [7, 11) is 0. The zero-order valence-corrected chi connectivity index (χ0v) is 5.72. The average molecular weight is 135 g/mol. The Morgan fingerprint density at radius 1 is 2.00 bits per heavy atom. The van der Waals surface area contributed by atoms with Crippen LogP contribution in [-0.4, -0.2) is 5.25 Å². The maximum absolute atomic E-state index is 5.63. The largest absolute Gasteiger partial charge is 0.111 e. The van der Waals surface area contributed by atoms with Crippen molar-refractivity contribution in [3.05, 3.63) is 10.4 Å². The van der Waals surface area contributed by atoms with E-state index in [1.165, 1.54) is 0 Å². The Balaban J connectivity index is 2.42. The molecule has 1 rings (SSSR count). The summed E-state index contributed by atoms with van der Waals surface area (Å²) in [5.74, 6) is 0. The quantitative estimate of drug-likeness (QED) is 0.491. The van der Waals surface area contributed by atoms with Gasteiger partial charge in [-0.2, -0.15) is 0 Å². The minimum Gasteiger partial charge on any atom is -0.111 e. The molecule has 7 heavy (non-hydrogen) atoms. The van der Waals surface area contributed by atoms with Gasteiger partial charge in [-0.15, -0.1) is 11.8 Å². The van der Waals surface area contributed by atoms with Crippen LogP contribution in [0.3, 0.4) is 0 Å². The Bertz CT molecular complexity index is 98.3. The normalized spacial score (nSPS) is 30.6. The van der Waals surface area contributed by atoms with Crippen molar-refractivity contribution in [2.45, 2.75) is 18.6 Å². The van der Waals surface area contributed by atoms with Crippen molar-refractivity contribution in [3.8, 4) is 0 Å². The molecule has 0 radical (unpaired) electrons. The molecule has 40 valence electrons. The van der Waals surface area contributed by atoms with E-state index in [1.807, 2.05) is 0 Å². The zero-order chi connectivity index (χ0) is 5.28. The lowest BCUT2D eigenvalue weighted by Gasteiger charge is -1.93. The van der Waals surface area contributed by atoms with Gasteiger partial charge in [0.2, 0.25) is 0 Å². The average Bonchev–Trinajstić information content (AvgIpc) is 1.87. The second kappa shape index (κ2) is 2.10. The van der Waals surface area contributed by atoms with Crippen molar-refractivity contribution in [2.75, 3.05) is 0 Å². The number of allylic oxidation sites excluding steroid dienone is 1. The summed E-state index contributed by atoms with van der Waals surface area (Å²) in [6.07, 6.45) is 3.21. The van der Waals surface area contributed by atoms with Crippen molar-refractivity contribution in [3.63, 3.8) is 0 Å². The standard InChI is InChI=1S/C5H7ClS/c1-4-2-3-5(6)7-4/h3-4H,2H2,1H3/t4-/m1/s1. The van der Waals surface area contributed by atoms with Gasteiger partial charge in [-0.3, -0.25) is 0 Å². The second-order valence-electron chi connectivity index (χ2n) is 1.67. The first-order valence-electron chi connectivity index (χ1n) is 2.31. The van der Waals surface area contributed by atoms with E-state index in [0.29, 0.717) is 5.25 Å². The number of hydrogen-bond acceptors (Lipinski definition) is 1. The highest BCUT2D eigenvalue weighted by molar-refractivity contribution is 8.05. The van der Waals surface area contributed by atoms with E-state index >= 15 is 0 Å². The zero-order valence-electron chi connectivity index (χ0n) is 4.15. The lowest BCUT2D eigenvalue weighted by Crippen LogP contribution is -1.83. The number of halogens is 1. The number of rotatable bonds is 0. The molecule has 0 aromatic carbocycles. The van der Waals surface area contributed by atoms with Crippen LogP contribution in [-0.2, 0) is 0 Å². The van der Waals surface area contributed by atoms with Gasteiger partial charge in [-0.25, -0.2) is 0 Å². The Morgan fingerprint density at radius 3 is 2.86 bits per heavy atom. The summed E-state index contributed by atoms with van der Waals surface area (Å²) in [4.78, 5) is 0. The van der Waals surface area contributed by atoms with Crippen molar-refractivity contribution in [2.24, 2.45) is 0 Å². The molecule has 1 heterocycles. The molecule has 0 aliphatic carbocycles. The lowest BCUT2D eigenvalue weighted by atomic mass is 10.3. The predicted octanol–water partition coefficient (Wildman–Crippen LogP) is 2.59. The fourth-order valence-corrected chi connectivity index (χ4v) is 1.86. The molecule has 0 amide bonds. The molecule has 0 aromatic rings. The van der Waals surface area contributed by atoms with Crippen LogP contribution in [0.1, 0.15) is 13.3 Å². The van der Waals surface area contributed by atoms with E-state index in [1.54, 1.807) is 11.8 Å². The molecule has 2 heteroatoms. The monoisotopic (exact) mass is 134 g/mol. The number of thioether (sulfide) groups is 1. The van der Waals surface area contributed by atoms with Gasteiger partial charge in [0, 0.05) is 5.25 Å². The molecule has 0 spiro atoms. The highest BCUT2D eigenvalue weighted by atomic mass is 35.5. The smallest absolute Gasteiger partial charge is 0.0697 e. The summed E-state index contributed by atoms with van der Waals surface area (Å²) < 4.78 is 0.965. The van der Waals surface area contributed by atoms with E-state index in [2.05, 4.69) is 13.0 Å². The van der Waals surface area contributed by atoms with Gasteiger partial charge in [-0.1, -0.05) is 24.6 Å². The second-order valence-corrected chi connectivity index (χ2v) is 3.78. The summed E-state index contributed by atoms with van der Waals surface area (Å²) in [5, 5.41) is 0.715. The van der Waals surface area contributed by atoms with Crippen LogP contribution in [0.4, 0.5) is 0 Å². The predicted molar refractivity (Wildman–Crippen MR) is 35.6 cm³/mol. The topological polar surface area (TPSA) is 0 Å². The molecule has 0 fully saturated rings. The summed E-state index contributed by atoms with van der Waals surface area (Å²) in [6, 6.07) is 0. The van der Waals surface area contributed by atoms with Gasteiger partial charge < -0.3 is 0 Å². The van der Waals surface area contributed by atoms with Gasteiger partial charge in [0.1, 0.15) is 0 Å². The Labute approximate surface area is 52.9 Å². The maximum atomic E-state index is 5.63. The molecule has 1 aliphatic heterocycles. The molecule has 0 aromatic heterocycles. The highest BCUT2D eigenvalue weighted by Gasteiger charge is 2.09. The van der Waals surface area contributed by atoms with Crippen LogP contribution in [0.5, 0.6) is 0 Å². The minimum atomic E-state index is 0.715. The van der Waals surface area contributed by atoms with Crippen molar-refractivity contribution in [1.82, 2.24) is 0 Å². The molecule has 0 saturated heterocycles. The highest BCUT2D eigenvalue weighted by Crippen LogP contribution is 2.33. The maximum Gasteiger partial charge on any atom is 0.0697 e. The Morgan fingerprint density at radius 2 is 2.71 bits per heavy atom. The van der Waals surface area contributed by atoms with Crippen molar-refractivity contribution < 1.29 is 0 Å². The van der Waals surface area contributed by atoms with Crippen molar-refractivity contribution >= 4 is 23.4 Å². The van der Waals surface area contributed by atoms with Crippen LogP contribution in [0, 0.1) is 0 Å². The van der Waals surface area contributed by atoms with Gasteiger partial charge in [0.15, 0.2) is 0 Å². The number of hydrogen-bond donors (Lipinski definition) is 0. The minimum absolute atomic E-state index is 0.715. The van der Waals surface area contributed by atoms with E-state index in [9.17, 15) is 0 Å². The van der Waals surface area contributed by atoms with Gasteiger partial charge >= 0.3 is 0 Å². The first-order valence-corrected chi connectivity index (χ1v) is 3.57. The third kappa shape index (κ3) is 1.39. The summed E-state index contributed by atoms with van der Waals surface area (Å²) in [6.45, 7) is 2.18. The fraction of sp³-hybridized carbons (Fsp3) is 0.600. The molecule has 0 saturated carbocycles. The van der Waals surface area contributed by atoms with E-state index in [4.69, 9.17) is 11.6 Å². The van der Waals surface area contributed by atoms with Crippen LogP contribution < -0.4 is 0 Å². The summed E-state index contributed by atoms with van der Waals surface area (Å²) in [5.41, 5.74) is 0.